The van der Waals surface area contributed by atoms with Crippen LogP contribution < -0.4 is 10.6 Å². The van der Waals surface area contributed by atoms with Gasteiger partial charge in [0, 0.05) is 24.2 Å². The minimum atomic E-state index is 0.531. The Kier molecular flexibility index (Phi) is 4.59. The van der Waals surface area contributed by atoms with Gasteiger partial charge in [-0.15, -0.1) is 0 Å². The molecule has 2 N–H and O–H groups in total. The quantitative estimate of drug-likeness (QED) is 0.675. The van der Waals surface area contributed by atoms with Crippen LogP contribution in [-0.2, 0) is 6.42 Å². The summed E-state index contributed by atoms with van der Waals surface area (Å²) in [6.07, 6.45) is 3.38. The zero-order chi connectivity index (χ0) is 16.9. The number of rotatable bonds is 7. The van der Waals surface area contributed by atoms with Gasteiger partial charge in [0.25, 0.3) is 0 Å². The molecule has 1 fully saturated rings. The number of hydrogen-bond acceptors (Lipinski definition) is 4. The summed E-state index contributed by atoms with van der Waals surface area (Å²) in [5.74, 6) is 1.58. The lowest BCUT2D eigenvalue weighted by Gasteiger charge is -2.11. The molecule has 0 saturated heterocycles. The molecule has 0 radical (unpaired) electrons. The third-order valence-corrected chi connectivity index (χ3v) is 4.27. The lowest BCUT2D eigenvalue weighted by Crippen LogP contribution is -2.11. The first kappa shape index (κ1) is 15.6. The third-order valence-electron chi connectivity index (χ3n) is 4.27. The highest BCUT2D eigenvalue weighted by Gasteiger charge is 2.22. The molecule has 0 spiro atoms. The Morgan fingerprint density at radius 2 is 1.60 bits per heavy atom. The van der Waals surface area contributed by atoms with Crippen LogP contribution in [-0.4, -0.2) is 22.6 Å². The van der Waals surface area contributed by atoms with E-state index in [0.717, 1.165) is 30.0 Å². The predicted octanol–water partition coefficient (Wildman–Crippen LogP) is 4.37. The molecular weight excluding hydrogens is 308 g/mol. The number of nitrogens with zero attached hydrogens (tertiary/aromatic N) is 2. The Balaban J connectivity index is 1.51. The van der Waals surface area contributed by atoms with E-state index in [1.807, 2.05) is 30.3 Å². The molecule has 126 valence electrons. The van der Waals surface area contributed by atoms with Crippen molar-refractivity contribution >= 4 is 11.8 Å². The Morgan fingerprint density at radius 3 is 2.32 bits per heavy atom. The topological polar surface area (TPSA) is 49.8 Å². The van der Waals surface area contributed by atoms with Crippen LogP contribution in [0.5, 0.6) is 0 Å². The summed E-state index contributed by atoms with van der Waals surface area (Å²) in [6.45, 7) is 0.845. The smallest absolute Gasteiger partial charge is 0.225 e. The van der Waals surface area contributed by atoms with E-state index in [-0.39, 0.29) is 0 Å². The molecule has 0 amide bonds. The van der Waals surface area contributed by atoms with Crippen LogP contribution in [0.15, 0.2) is 66.7 Å². The summed E-state index contributed by atoms with van der Waals surface area (Å²) < 4.78 is 0. The van der Waals surface area contributed by atoms with E-state index in [1.165, 1.54) is 18.4 Å². The average molecular weight is 330 g/mol. The van der Waals surface area contributed by atoms with Gasteiger partial charge in [0.15, 0.2) is 0 Å². The Morgan fingerprint density at radius 1 is 0.880 bits per heavy atom. The Bertz CT molecular complexity index is 814. The zero-order valence-electron chi connectivity index (χ0n) is 14.2. The molecule has 1 saturated carbocycles. The minimum Gasteiger partial charge on any atom is -0.370 e. The lowest BCUT2D eigenvalue weighted by atomic mass is 10.1. The molecule has 4 heteroatoms. The van der Waals surface area contributed by atoms with Crippen LogP contribution in [0.4, 0.5) is 11.8 Å². The number of aromatic nitrogens is 2. The molecule has 25 heavy (non-hydrogen) atoms. The van der Waals surface area contributed by atoms with E-state index in [2.05, 4.69) is 57.0 Å². The van der Waals surface area contributed by atoms with Crippen LogP contribution in [0.25, 0.3) is 11.3 Å². The van der Waals surface area contributed by atoms with Gasteiger partial charge in [0.05, 0.1) is 5.69 Å². The Labute approximate surface area is 148 Å². The summed E-state index contributed by atoms with van der Waals surface area (Å²) in [4.78, 5) is 9.32. The van der Waals surface area contributed by atoms with Crippen LogP contribution in [0.3, 0.4) is 0 Å². The maximum Gasteiger partial charge on any atom is 0.225 e. The number of benzene rings is 2. The summed E-state index contributed by atoms with van der Waals surface area (Å²) in [7, 11) is 0. The van der Waals surface area contributed by atoms with Crippen molar-refractivity contribution in [1.29, 1.82) is 0 Å². The number of anilines is 2. The highest BCUT2D eigenvalue weighted by atomic mass is 15.2. The molecule has 4 nitrogen and oxygen atoms in total. The van der Waals surface area contributed by atoms with E-state index < -0.39 is 0 Å². The largest absolute Gasteiger partial charge is 0.370 e. The van der Waals surface area contributed by atoms with Crippen molar-refractivity contribution < 1.29 is 0 Å². The first-order valence-corrected chi connectivity index (χ1v) is 8.86. The lowest BCUT2D eigenvalue weighted by molar-refractivity contribution is 0.992. The molecule has 0 unspecified atom stereocenters. The summed E-state index contributed by atoms with van der Waals surface area (Å²) in [5.41, 5.74) is 3.37. The maximum atomic E-state index is 4.69. The van der Waals surface area contributed by atoms with E-state index in [1.54, 1.807) is 0 Å². The summed E-state index contributed by atoms with van der Waals surface area (Å²) in [6, 6.07) is 23.3. The summed E-state index contributed by atoms with van der Waals surface area (Å²) >= 11 is 0. The second-order valence-electron chi connectivity index (χ2n) is 6.41. The fourth-order valence-electron chi connectivity index (χ4n) is 2.75. The number of hydrogen-bond donors (Lipinski definition) is 2. The minimum absolute atomic E-state index is 0.531. The molecule has 0 atom stereocenters. The summed E-state index contributed by atoms with van der Waals surface area (Å²) in [5, 5.41) is 6.86. The second kappa shape index (κ2) is 7.34. The van der Waals surface area contributed by atoms with Gasteiger partial charge in [0.2, 0.25) is 5.95 Å². The van der Waals surface area contributed by atoms with Crippen LogP contribution in [0, 0.1) is 0 Å². The van der Waals surface area contributed by atoms with Crippen molar-refractivity contribution in [2.75, 3.05) is 17.2 Å². The molecule has 1 heterocycles. The molecule has 1 aromatic heterocycles. The highest BCUT2D eigenvalue weighted by molar-refractivity contribution is 5.64. The van der Waals surface area contributed by atoms with Gasteiger partial charge in [-0.05, 0) is 24.8 Å². The second-order valence-corrected chi connectivity index (χ2v) is 6.41. The van der Waals surface area contributed by atoms with Gasteiger partial charge in [-0.2, -0.15) is 4.98 Å². The van der Waals surface area contributed by atoms with Crippen molar-refractivity contribution in [3.63, 3.8) is 0 Å². The maximum absolute atomic E-state index is 4.69. The zero-order valence-corrected chi connectivity index (χ0v) is 14.2. The van der Waals surface area contributed by atoms with Gasteiger partial charge >= 0.3 is 0 Å². The van der Waals surface area contributed by atoms with Crippen molar-refractivity contribution in [3.8, 4) is 11.3 Å². The first-order chi connectivity index (χ1) is 12.4. The fourth-order valence-corrected chi connectivity index (χ4v) is 2.75. The van der Waals surface area contributed by atoms with Crippen molar-refractivity contribution in [1.82, 2.24) is 9.97 Å². The molecule has 3 aromatic rings. The molecule has 0 aliphatic heterocycles. The van der Waals surface area contributed by atoms with Gasteiger partial charge in [-0.25, -0.2) is 4.98 Å². The van der Waals surface area contributed by atoms with Crippen LogP contribution in [0.2, 0.25) is 0 Å². The van der Waals surface area contributed by atoms with Crippen molar-refractivity contribution in [2.45, 2.75) is 25.3 Å². The van der Waals surface area contributed by atoms with Crippen LogP contribution >= 0.6 is 0 Å². The molecule has 1 aliphatic rings. The standard InChI is InChI=1S/C21H22N4/c1-3-7-16(8-4-1)13-14-22-20-15-19(17-9-5-2-6-10-17)24-21(25-20)23-18-11-12-18/h1-10,15,18H,11-14H2,(H2,22,23,24,25). The van der Waals surface area contributed by atoms with Gasteiger partial charge < -0.3 is 10.6 Å². The highest BCUT2D eigenvalue weighted by Crippen LogP contribution is 2.26. The molecular formula is C21H22N4. The molecule has 0 bridgehead atoms. The van der Waals surface area contributed by atoms with E-state index >= 15 is 0 Å². The van der Waals surface area contributed by atoms with Gasteiger partial charge in [-0.3, -0.25) is 0 Å². The monoisotopic (exact) mass is 330 g/mol. The fraction of sp³-hybridized carbons (Fsp3) is 0.238. The first-order valence-electron chi connectivity index (χ1n) is 8.86. The van der Waals surface area contributed by atoms with Crippen molar-refractivity contribution in [2.24, 2.45) is 0 Å². The van der Waals surface area contributed by atoms with Crippen LogP contribution in [0.1, 0.15) is 18.4 Å². The van der Waals surface area contributed by atoms with Crippen molar-refractivity contribution in [3.05, 3.63) is 72.3 Å². The SMILES string of the molecule is c1ccc(CCNc2cc(-c3ccccc3)nc(NC3CC3)n2)cc1. The number of nitrogens with one attached hydrogen (secondary N) is 2. The molecule has 4 rings (SSSR count). The molecule has 1 aliphatic carbocycles. The van der Waals surface area contributed by atoms with E-state index in [0.29, 0.717) is 12.0 Å². The van der Waals surface area contributed by atoms with Gasteiger partial charge in [-0.1, -0.05) is 60.7 Å². The third kappa shape index (κ3) is 4.35. The van der Waals surface area contributed by atoms with E-state index in [9.17, 15) is 0 Å². The molecule has 2 aromatic carbocycles. The predicted molar refractivity (Wildman–Crippen MR) is 103 cm³/mol. The van der Waals surface area contributed by atoms with Gasteiger partial charge in [0.1, 0.15) is 5.82 Å². The van der Waals surface area contributed by atoms with E-state index in [4.69, 9.17) is 0 Å². The Hall–Kier alpha value is -2.88. The normalized spacial score (nSPS) is 13.4. The average Bonchev–Trinajstić information content (AvgIpc) is 3.47.